The van der Waals surface area contributed by atoms with Crippen LogP contribution >= 0.6 is 0 Å². The van der Waals surface area contributed by atoms with Crippen LogP contribution < -0.4 is 4.74 Å². The van der Waals surface area contributed by atoms with E-state index in [0.717, 1.165) is 17.7 Å². The lowest BCUT2D eigenvalue weighted by atomic mass is 9.73. The summed E-state index contributed by atoms with van der Waals surface area (Å²) in [5.41, 5.74) is 1.14. The first-order chi connectivity index (χ1) is 14.5. The standard InChI is InChI=1S/C24H28N2O4/c1-18(28)25-12-11-24(17-27)16-26(14-20(24)13-25)23(29)22-10-6-5-7-19(22)15-30-21-8-3-2-4-9-21/h2-10,20,27H,11-17H2,1H3/t20-,24+/m0/s1. The summed E-state index contributed by atoms with van der Waals surface area (Å²) in [5.74, 6) is 0.862. The van der Waals surface area contributed by atoms with E-state index in [1.807, 2.05) is 64.4 Å². The first kappa shape index (κ1) is 20.4. The number of carbonyl (C=O) groups excluding carboxylic acids is 2. The zero-order valence-electron chi connectivity index (χ0n) is 17.3. The number of piperidine rings is 1. The van der Waals surface area contributed by atoms with Crippen molar-refractivity contribution in [2.45, 2.75) is 20.0 Å². The maximum absolute atomic E-state index is 13.4. The highest BCUT2D eigenvalue weighted by Gasteiger charge is 2.50. The SMILES string of the molecule is CC(=O)N1CC[C@]2(CO)CN(C(=O)c3ccccc3COc3ccccc3)C[C@@H]2C1. The molecule has 2 saturated heterocycles. The Kier molecular flexibility index (Phi) is 5.77. The summed E-state index contributed by atoms with van der Waals surface area (Å²) in [6.45, 7) is 4.23. The van der Waals surface area contributed by atoms with Crippen LogP contribution in [0.1, 0.15) is 29.3 Å². The zero-order chi connectivity index (χ0) is 21.1. The smallest absolute Gasteiger partial charge is 0.254 e. The number of aliphatic hydroxyl groups is 1. The van der Waals surface area contributed by atoms with Crippen LogP contribution in [0.4, 0.5) is 0 Å². The lowest BCUT2D eigenvalue weighted by molar-refractivity contribution is -0.133. The molecule has 2 fully saturated rings. The van der Waals surface area contributed by atoms with Gasteiger partial charge in [-0.3, -0.25) is 9.59 Å². The molecule has 2 amide bonds. The predicted molar refractivity (Wildman–Crippen MR) is 113 cm³/mol. The van der Waals surface area contributed by atoms with Crippen molar-refractivity contribution in [1.82, 2.24) is 9.80 Å². The molecule has 2 aromatic rings. The van der Waals surface area contributed by atoms with Crippen molar-refractivity contribution in [2.24, 2.45) is 11.3 Å². The molecule has 6 heteroatoms. The number of fused-ring (bicyclic) bond motifs is 1. The molecule has 2 aromatic carbocycles. The van der Waals surface area contributed by atoms with Gasteiger partial charge in [0.1, 0.15) is 12.4 Å². The molecule has 2 heterocycles. The van der Waals surface area contributed by atoms with Gasteiger partial charge in [-0.15, -0.1) is 0 Å². The fourth-order valence-electron chi connectivity index (χ4n) is 4.68. The first-order valence-electron chi connectivity index (χ1n) is 10.4. The molecule has 0 aliphatic carbocycles. The Balaban J connectivity index is 1.50. The highest BCUT2D eigenvalue weighted by molar-refractivity contribution is 5.96. The molecule has 0 unspecified atom stereocenters. The molecule has 0 bridgehead atoms. The molecule has 1 N–H and O–H groups in total. The molecule has 2 aliphatic heterocycles. The van der Waals surface area contributed by atoms with E-state index in [-0.39, 0.29) is 29.8 Å². The second-order valence-electron chi connectivity index (χ2n) is 8.38. The Morgan fingerprint density at radius 2 is 1.77 bits per heavy atom. The van der Waals surface area contributed by atoms with Gasteiger partial charge in [0, 0.05) is 55.6 Å². The summed E-state index contributed by atoms with van der Waals surface area (Å²) in [6.07, 6.45) is 0.719. The molecule has 4 rings (SSSR count). The van der Waals surface area contributed by atoms with E-state index >= 15 is 0 Å². The van der Waals surface area contributed by atoms with E-state index in [2.05, 4.69) is 0 Å². The van der Waals surface area contributed by atoms with E-state index in [0.29, 0.717) is 38.3 Å². The minimum absolute atomic E-state index is 0.0337. The van der Waals surface area contributed by atoms with Crippen molar-refractivity contribution < 1.29 is 19.4 Å². The number of benzene rings is 2. The monoisotopic (exact) mass is 408 g/mol. The molecular formula is C24H28N2O4. The van der Waals surface area contributed by atoms with E-state index in [1.54, 1.807) is 6.92 Å². The fraction of sp³-hybridized carbons (Fsp3) is 0.417. The predicted octanol–water partition coefficient (Wildman–Crippen LogP) is 2.57. The quantitative estimate of drug-likeness (QED) is 0.826. The molecule has 0 saturated carbocycles. The van der Waals surface area contributed by atoms with Crippen LogP contribution in [-0.2, 0) is 11.4 Å². The topological polar surface area (TPSA) is 70.1 Å². The maximum atomic E-state index is 13.4. The number of aliphatic hydroxyl groups excluding tert-OH is 1. The molecule has 2 aliphatic rings. The lowest BCUT2D eigenvalue weighted by Gasteiger charge is -2.41. The van der Waals surface area contributed by atoms with Crippen molar-refractivity contribution in [3.05, 3.63) is 65.7 Å². The Morgan fingerprint density at radius 3 is 2.50 bits per heavy atom. The Hall–Kier alpha value is -2.86. The summed E-state index contributed by atoms with van der Waals surface area (Å²) in [5, 5.41) is 10.2. The highest BCUT2D eigenvalue weighted by atomic mass is 16.5. The third-order valence-electron chi connectivity index (χ3n) is 6.57. The summed E-state index contributed by atoms with van der Waals surface area (Å²) < 4.78 is 5.87. The molecule has 0 spiro atoms. The lowest BCUT2D eigenvalue weighted by Crippen LogP contribution is -2.50. The second kappa shape index (κ2) is 8.48. The normalized spacial score (nSPS) is 23.2. The first-order valence-corrected chi connectivity index (χ1v) is 10.4. The van der Waals surface area contributed by atoms with Crippen LogP contribution in [0.25, 0.3) is 0 Å². The van der Waals surface area contributed by atoms with Crippen LogP contribution in [0.15, 0.2) is 54.6 Å². The average Bonchev–Trinajstić information content (AvgIpc) is 3.17. The van der Waals surface area contributed by atoms with E-state index < -0.39 is 0 Å². The zero-order valence-corrected chi connectivity index (χ0v) is 17.3. The number of likely N-dealkylation sites (tertiary alicyclic amines) is 2. The largest absolute Gasteiger partial charge is 0.489 e. The van der Waals surface area contributed by atoms with E-state index in [1.165, 1.54) is 0 Å². The molecule has 30 heavy (non-hydrogen) atoms. The molecule has 158 valence electrons. The number of para-hydroxylation sites is 1. The number of ether oxygens (including phenoxy) is 1. The number of hydrogen-bond acceptors (Lipinski definition) is 4. The van der Waals surface area contributed by atoms with Crippen LogP contribution in [-0.4, -0.2) is 59.5 Å². The van der Waals surface area contributed by atoms with Gasteiger partial charge in [0.05, 0.1) is 6.61 Å². The number of rotatable bonds is 5. The van der Waals surface area contributed by atoms with Gasteiger partial charge in [0.2, 0.25) is 5.91 Å². The van der Waals surface area contributed by atoms with Gasteiger partial charge in [-0.05, 0) is 24.6 Å². The Labute approximate surface area is 177 Å². The summed E-state index contributed by atoms with van der Waals surface area (Å²) in [6, 6.07) is 17.1. The van der Waals surface area contributed by atoms with Crippen molar-refractivity contribution in [3.63, 3.8) is 0 Å². The van der Waals surface area contributed by atoms with Gasteiger partial charge in [-0.1, -0.05) is 36.4 Å². The van der Waals surface area contributed by atoms with Crippen LogP contribution in [0.3, 0.4) is 0 Å². The van der Waals surface area contributed by atoms with Crippen molar-refractivity contribution >= 4 is 11.8 Å². The Morgan fingerprint density at radius 1 is 1.07 bits per heavy atom. The van der Waals surface area contributed by atoms with Crippen LogP contribution in [0.5, 0.6) is 5.75 Å². The van der Waals surface area contributed by atoms with Gasteiger partial charge >= 0.3 is 0 Å². The number of hydrogen-bond donors (Lipinski definition) is 1. The number of carbonyl (C=O) groups is 2. The van der Waals surface area contributed by atoms with Gasteiger partial charge < -0.3 is 19.6 Å². The summed E-state index contributed by atoms with van der Waals surface area (Å²) in [7, 11) is 0. The molecular weight excluding hydrogens is 380 g/mol. The van der Waals surface area contributed by atoms with Crippen molar-refractivity contribution in [3.8, 4) is 5.75 Å². The third-order valence-corrected chi connectivity index (χ3v) is 6.57. The van der Waals surface area contributed by atoms with Gasteiger partial charge in [0.15, 0.2) is 0 Å². The van der Waals surface area contributed by atoms with E-state index in [9.17, 15) is 14.7 Å². The second-order valence-corrected chi connectivity index (χ2v) is 8.38. The molecule has 0 radical (unpaired) electrons. The number of amides is 2. The minimum atomic E-state index is -0.322. The summed E-state index contributed by atoms with van der Waals surface area (Å²) in [4.78, 5) is 28.9. The molecule has 0 aromatic heterocycles. The van der Waals surface area contributed by atoms with Gasteiger partial charge in [-0.25, -0.2) is 0 Å². The molecule has 2 atom stereocenters. The molecule has 6 nitrogen and oxygen atoms in total. The summed E-state index contributed by atoms with van der Waals surface area (Å²) >= 11 is 0. The third kappa shape index (κ3) is 3.92. The van der Waals surface area contributed by atoms with Gasteiger partial charge in [0.25, 0.3) is 5.91 Å². The highest BCUT2D eigenvalue weighted by Crippen LogP contribution is 2.43. The minimum Gasteiger partial charge on any atom is -0.489 e. The van der Waals surface area contributed by atoms with Crippen molar-refractivity contribution in [2.75, 3.05) is 32.8 Å². The van der Waals surface area contributed by atoms with Crippen LogP contribution in [0, 0.1) is 11.3 Å². The maximum Gasteiger partial charge on any atom is 0.254 e. The number of nitrogens with zero attached hydrogens (tertiary/aromatic N) is 2. The van der Waals surface area contributed by atoms with E-state index in [4.69, 9.17) is 4.74 Å². The van der Waals surface area contributed by atoms with Gasteiger partial charge in [-0.2, -0.15) is 0 Å². The average molecular weight is 408 g/mol. The Bertz CT molecular complexity index is 916. The van der Waals surface area contributed by atoms with Crippen molar-refractivity contribution in [1.29, 1.82) is 0 Å². The fourth-order valence-corrected chi connectivity index (χ4v) is 4.68. The van der Waals surface area contributed by atoms with Crippen LogP contribution in [0.2, 0.25) is 0 Å².